The third kappa shape index (κ3) is 2.64. The Hall–Kier alpha value is -2.14. The molecule has 0 aliphatic carbocycles. The number of carbonyl (C=O) groups is 1. The van der Waals surface area contributed by atoms with E-state index in [1.54, 1.807) is 12.1 Å². The van der Waals surface area contributed by atoms with Gasteiger partial charge in [0.25, 0.3) is 5.91 Å². The molecule has 3 rings (SSSR count). The Balaban J connectivity index is 1.86. The molecule has 1 heterocycles. The van der Waals surface area contributed by atoms with Gasteiger partial charge in [-0.3, -0.25) is 4.79 Å². The van der Waals surface area contributed by atoms with Gasteiger partial charge in [0, 0.05) is 24.5 Å². The van der Waals surface area contributed by atoms with Crippen molar-refractivity contribution < 1.29 is 9.18 Å². The van der Waals surface area contributed by atoms with E-state index in [4.69, 9.17) is 0 Å². The van der Waals surface area contributed by atoms with E-state index in [0.717, 1.165) is 20.9 Å². The van der Waals surface area contributed by atoms with E-state index in [1.165, 1.54) is 12.1 Å². The molecular weight excluding hydrogens is 347 g/mol. The number of benzene rings is 2. The number of amides is 1. The molecule has 3 nitrogen and oxygen atoms in total. The predicted molar refractivity (Wildman–Crippen MR) is 88.2 cm³/mol. The van der Waals surface area contributed by atoms with E-state index in [-0.39, 0.29) is 18.3 Å². The van der Waals surface area contributed by atoms with E-state index >= 15 is 0 Å². The second-order valence-corrected chi connectivity index (χ2v) is 5.84. The summed E-state index contributed by atoms with van der Waals surface area (Å²) >= 11 is 3.50. The number of aromatic nitrogens is 1. The second kappa shape index (κ2) is 5.93. The zero-order valence-corrected chi connectivity index (χ0v) is 13.5. The predicted octanol–water partition coefficient (Wildman–Crippen LogP) is 4.01. The first-order valence-corrected chi connectivity index (χ1v) is 7.63. The summed E-state index contributed by atoms with van der Waals surface area (Å²) in [5.74, 6) is -0.507. The molecule has 0 bridgehead atoms. The lowest BCUT2D eigenvalue weighted by Crippen LogP contribution is -2.25. The number of carbonyl (C=O) groups excluding carboxylic acids is 1. The largest absolute Gasteiger partial charge is 0.347 e. The molecule has 3 aromatic rings. The Labute approximate surface area is 135 Å². The van der Waals surface area contributed by atoms with Gasteiger partial charge in [-0.2, -0.15) is 0 Å². The van der Waals surface area contributed by atoms with Crippen molar-refractivity contribution in [2.24, 2.45) is 7.05 Å². The van der Waals surface area contributed by atoms with Crippen molar-refractivity contribution >= 4 is 32.7 Å². The zero-order valence-electron chi connectivity index (χ0n) is 11.9. The van der Waals surface area contributed by atoms with Crippen LogP contribution in [0.3, 0.4) is 0 Å². The summed E-state index contributed by atoms with van der Waals surface area (Å²) in [6.07, 6.45) is 0. The third-order valence-electron chi connectivity index (χ3n) is 3.60. The van der Waals surface area contributed by atoms with Crippen molar-refractivity contribution in [2.75, 3.05) is 0 Å². The normalized spacial score (nSPS) is 10.9. The highest BCUT2D eigenvalue weighted by Crippen LogP contribution is 2.30. The van der Waals surface area contributed by atoms with Gasteiger partial charge < -0.3 is 9.88 Å². The topological polar surface area (TPSA) is 34.0 Å². The van der Waals surface area contributed by atoms with E-state index in [1.807, 2.05) is 35.9 Å². The molecular formula is C17H14BrFN2O. The minimum Gasteiger partial charge on any atom is -0.347 e. The van der Waals surface area contributed by atoms with Crippen LogP contribution < -0.4 is 5.32 Å². The van der Waals surface area contributed by atoms with E-state index < -0.39 is 0 Å². The second-order valence-electron chi connectivity index (χ2n) is 5.05. The van der Waals surface area contributed by atoms with Gasteiger partial charge in [0.15, 0.2) is 0 Å². The minimum atomic E-state index is -0.308. The number of rotatable bonds is 3. The summed E-state index contributed by atoms with van der Waals surface area (Å²) in [7, 11) is 1.85. The van der Waals surface area contributed by atoms with Crippen LogP contribution in [0.1, 0.15) is 16.1 Å². The Kier molecular flexibility index (Phi) is 3.98. The van der Waals surface area contributed by atoms with E-state index in [2.05, 4.69) is 21.2 Å². The smallest absolute Gasteiger partial charge is 0.269 e. The quantitative estimate of drug-likeness (QED) is 0.752. The van der Waals surface area contributed by atoms with Crippen LogP contribution in [0.15, 0.2) is 53.0 Å². The third-order valence-corrected chi connectivity index (χ3v) is 4.41. The van der Waals surface area contributed by atoms with Crippen LogP contribution in [-0.4, -0.2) is 10.5 Å². The fourth-order valence-corrected chi connectivity index (χ4v) is 3.29. The highest BCUT2D eigenvalue weighted by Gasteiger charge is 2.18. The first kappa shape index (κ1) is 14.8. The van der Waals surface area contributed by atoms with Crippen molar-refractivity contribution in [1.29, 1.82) is 0 Å². The molecule has 5 heteroatoms. The lowest BCUT2D eigenvalue weighted by molar-refractivity contribution is 0.0942. The SMILES string of the molecule is Cn1c(C(=O)NCc2cccc(F)c2)c(Br)c2ccccc21. The van der Waals surface area contributed by atoms with Crippen LogP contribution in [0.5, 0.6) is 0 Å². The maximum Gasteiger partial charge on any atom is 0.269 e. The molecule has 112 valence electrons. The molecule has 0 unspecified atom stereocenters. The number of nitrogens with one attached hydrogen (secondary N) is 1. The van der Waals surface area contributed by atoms with Crippen LogP contribution in [-0.2, 0) is 13.6 Å². The van der Waals surface area contributed by atoms with Gasteiger partial charge in [0.2, 0.25) is 0 Å². The lowest BCUT2D eigenvalue weighted by atomic mass is 10.2. The highest BCUT2D eigenvalue weighted by molar-refractivity contribution is 9.10. The molecule has 0 fully saturated rings. The number of para-hydroxylation sites is 1. The maximum atomic E-state index is 13.2. The van der Waals surface area contributed by atoms with Gasteiger partial charge in [-0.15, -0.1) is 0 Å². The first-order chi connectivity index (χ1) is 10.6. The molecule has 0 radical (unpaired) electrons. The van der Waals surface area contributed by atoms with E-state index in [9.17, 15) is 9.18 Å². The van der Waals surface area contributed by atoms with Crippen molar-refractivity contribution in [1.82, 2.24) is 9.88 Å². The molecule has 22 heavy (non-hydrogen) atoms. The summed E-state index contributed by atoms with van der Waals surface area (Å²) in [5.41, 5.74) is 2.26. The number of halogens is 2. The van der Waals surface area contributed by atoms with Crippen LogP contribution in [0.25, 0.3) is 10.9 Å². The summed E-state index contributed by atoms with van der Waals surface area (Å²) in [4.78, 5) is 12.5. The summed E-state index contributed by atoms with van der Waals surface area (Å²) < 4.78 is 15.8. The molecule has 0 spiro atoms. The monoisotopic (exact) mass is 360 g/mol. The Morgan fingerprint density at radius 1 is 1.23 bits per heavy atom. The van der Waals surface area contributed by atoms with Crippen molar-refractivity contribution in [3.8, 4) is 0 Å². The lowest BCUT2D eigenvalue weighted by Gasteiger charge is -2.07. The van der Waals surface area contributed by atoms with Crippen molar-refractivity contribution in [3.05, 3.63) is 70.1 Å². The first-order valence-electron chi connectivity index (χ1n) is 6.83. The number of nitrogens with zero attached hydrogens (tertiary/aromatic N) is 1. The number of hydrogen-bond donors (Lipinski definition) is 1. The maximum absolute atomic E-state index is 13.2. The fraction of sp³-hybridized carbons (Fsp3) is 0.118. The van der Waals surface area contributed by atoms with Crippen LogP contribution in [0, 0.1) is 5.82 Å². The molecule has 1 N–H and O–H groups in total. The average Bonchev–Trinajstić information content (AvgIpc) is 2.77. The summed E-state index contributed by atoms with van der Waals surface area (Å²) in [6, 6.07) is 14.0. The summed E-state index contributed by atoms with van der Waals surface area (Å²) in [6.45, 7) is 0.282. The number of aryl methyl sites for hydroxylation is 1. The molecule has 0 aliphatic heterocycles. The average molecular weight is 361 g/mol. The highest BCUT2D eigenvalue weighted by atomic mass is 79.9. The van der Waals surface area contributed by atoms with Crippen molar-refractivity contribution in [2.45, 2.75) is 6.54 Å². The van der Waals surface area contributed by atoms with Crippen LogP contribution >= 0.6 is 15.9 Å². The number of hydrogen-bond acceptors (Lipinski definition) is 1. The zero-order chi connectivity index (χ0) is 15.7. The van der Waals surface area contributed by atoms with Crippen LogP contribution in [0.2, 0.25) is 0 Å². The van der Waals surface area contributed by atoms with Gasteiger partial charge in [-0.1, -0.05) is 30.3 Å². The fourth-order valence-electron chi connectivity index (χ4n) is 2.51. The minimum absolute atomic E-state index is 0.199. The molecule has 2 aromatic carbocycles. The molecule has 0 aliphatic rings. The molecule has 1 amide bonds. The van der Waals surface area contributed by atoms with Gasteiger partial charge in [0.1, 0.15) is 11.5 Å². The molecule has 0 saturated heterocycles. The van der Waals surface area contributed by atoms with Crippen LogP contribution in [0.4, 0.5) is 4.39 Å². The van der Waals surface area contributed by atoms with Gasteiger partial charge >= 0.3 is 0 Å². The van der Waals surface area contributed by atoms with E-state index in [0.29, 0.717) is 5.69 Å². The van der Waals surface area contributed by atoms with Gasteiger partial charge in [-0.25, -0.2) is 4.39 Å². The van der Waals surface area contributed by atoms with Crippen molar-refractivity contribution in [3.63, 3.8) is 0 Å². The standard InChI is InChI=1S/C17H14BrFN2O/c1-21-14-8-3-2-7-13(14)15(18)16(21)17(22)20-10-11-5-4-6-12(19)9-11/h2-9H,10H2,1H3,(H,20,22). The molecule has 0 saturated carbocycles. The molecule has 0 atom stereocenters. The molecule has 1 aromatic heterocycles. The number of fused-ring (bicyclic) bond motifs is 1. The Morgan fingerprint density at radius 3 is 2.73 bits per heavy atom. The Bertz CT molecular complexity index is 818. The van der Waals surface area contributed by atoms with Gasteiger partial charge in [0.05, 0.1) is 4.47 Å². The van der Waals surface area contributed by atoms with Gasteiger partial charge in [-0.05, 0) is 39.7 Å². The summed E-state index contributed by atoms with van der Waals surface area (Å²) in [5, 5.41) is 3.82. The Morgan fingerprint density at radius 2 is 2.00 bits per heavy atom.